The van der Waals surface area contributed by atoms with E-state index in [0.717, 1.165) is 5.56 Å². The molecule has 0 amide bonds. The van der Waals surface area contributed by atoms with E-state index in [9.17, 15) is 4.79 Å². The van der Waals surface area contributed by atoms with Gasteiger partial charge in [0.25, 0.3) is 0 Å². The van der Waals surface area contributed by atoms with E-state index in [4.69, 9.17) is 9.84 Å². The summed E-state index contributed by atoms with van der Waals surface area (Å²) in [5.74, 6) is 0.0635. The predicted octanol–water partition coefficient (Wildman–Crippen LogP) is 3.19. The first-order valence-electron chi connectivity index (χ1n) is 5.50. The van der Waals surface area contributed by atoms with Gasteiger partial charge in [-0.25, -0.2) is 4.79 Å². The van der Waals surface area contributed by atoms with Gasteiger partial charge in [0.2, 0.25) is 0 Å². The summed E-state index contributed by atoms with van der Waals surface area (Å²) < 4.78 is 5.58. The molecule has 92 valence electrons. The van der Waals surface area contributed by atoms with Gasteiger partial charge >= 0.3 is 5.97 Å². The maximum atomic E-state index is 10.8. The lowest BCUT2D eigenvalue weighted by molar-refractivity contribution is 0.0696. The molecule has 2 aromatic rings. The highest BCUT2D eigenvalue weighted by atomic mass is 16.5. The third kappa shape index (κ3) is 2.66. The summed E-state index contributed by atoms with van der Waals surface area (Å²) in [7, 11) is 0. The smallest absolute Gasteiger partial charge is 0.337 e. The van der Waals surface area contributed by atoms with Crippen molar-refractivity contribution >= 4 is 5.97 Å². The molecule has 4 nitrogen and oxygen atoms in total. The molecule has 0 aliphatic rings. The summed E-state index contributed by atoms with van der Waals surface area (Å²) in [6.07, 6.45) is 2.78. The van der Waals surface area contributed by atoms with E-state index in [1.807, 2.05) is 32.0 Å². The Hall–Kier alpha value is -2.36. The van der Waals surface area contributed by atoms with Crippen molar-refractivity contribution in [3.63, 3.8) is 0 Å². The average Bonchev–Trinajstić information content (AvgIpc) is 2.34. The van der Waals surface area contributed by atoms with E-state index >= 15 is 0 Å². The van der Waals surface area contributed by atoms with Crippen LogP contribution in [0.4, 0.5) is 0 Å². The second-order valence-corrected chi connectivity index (χ2v) is 4.06. The highest BCUT2D eigenvalue weighted by molar-refractivity contribution is 5.87. The molecule has 0 fully saturated rings. The van der Waals surface area contributed by atoms with E-state index in [1.165, 1.54) is 24.0 Å². The van der Waals surface area contributed by atoms with Crippen molar-refractivity contribution in [2.24, 2.45) is 0 Å². The topological polar surface area (TPSA) is 59.4 Å². The van der Waals surface area contributed by atoms with Crippen molar-refractivity contribution in [2.45, 2.75) is 13.8 Å². The summed E-state index contributed by atoms with van der Waals surface area (Å²) in [5, 5.41) is 8.86. The monoisotopic (exact) mass is 243 g/mol. The zero-order chi connectivity index (χ0) is 13.1. The van der Waals surface area contributed by atoms with Crippen LogP contribution in [-0.2, 0) is 0 Å². The molecule has 1 N–H and O–H groups in total. The van der Waals surface area contributed by atoms with Gasteiger partial charge in [-0.15, -0.1) is 0 Å². The molecule has 0 aliphatic heterocycles. The molecule has 0 aliphatic carbocycles. The van der Waals surface area contributed by atoms with E-state index in [-0.39, 0.29) is 5.56 Å². The van der Waals surface area contributed by atoms with Gasteiger partial charge in [0.05, 0.1) is 11.8 Å². The van der Waals surface area contributed by atoms with E-state index in [0.29, 0.717) is 11.5 Å². The predicted molar refractivity (Wildman–Crippen MR) is 67.2 cm³/mol. The van der Waals surface area contributed by atoms with Crippen molar-refractivity contribution in [2.75, 3.05) is 0 Å². The SMILES string of the molecule is Cc1ccc(Oc2cncc(C(=O)O)c2)cc1C. The molecule has 4 heteroatoms. The minimum absolute atomic E-state index is 0.108. The van der Waals surface area contributed by atoms with Crippen molar-refractivity contribution in [1.82, 2.24) is 4.98 Å². The van der Waals surface area contributed by atoms with Crippen LogP contribution in [0, 0.1) is 13.8 Å². The lowest BCUT2D eigenvalue weighted by atomic mass is 10.1. The standard InChI is InChI=1S/C14H13NO3/c1-9-3-4-12(5-10(9)2)18-13-6-11(14(16)17)7-15-8-13/h3-8H,1-2H3,(H,16,17). The largest absolute Gasteiger partial charge is 0.478 e. The van der Waals surface area contributed by atoms with Crippen molar-refractivity contribution in [1.29, 1.82) is 0 Å². The molecule has 2 rings (SSSR count). The van der Waals surface area contributed by atoms with Crippen molar-refractivity contribution in [3.05, 3.63) is 53.3 Å². The Morgan fingerprint density at radius 3 is 2.56 bits per heavy atom. The molecule has 0 saturated carbocycles. The van der Waals surface area contributed by atoms with Crippen LogP contribution < -0.4 is 4.74 Å². The highest BCUT2D eigenvalue weighted by Gasteiger charge is 2.06. The fourth-order valence-corrected chi connectivity index (χ4v) is 1.51. The third-order valence-electron chi connectivity index (χ3n) is 2.67. The van der Waals surface area contributed by atoms with E-state index in [2.05, 4.69) is 4.98 Å². The summed E-state index contributed by atoms with van der Waals surface area (Å²) in [4.78, 5) is 14.6. The lowest BCUT2D eigenvalue weighted by Gasteiger charge is -2.07. The average molecular weight is 243 g/mol. The Labute approximate surface area is 105 Å². The first-order chi connectivity index (χ1) is 8.56. The Balaban J connectivity index is 2.25. The van der Waals surface area contributed by atoms with Crippen LogP contribution in [0.2, 0.25) is 0 Å². The fourth-order valence-electron chi connectivity index (χ4n) is 1.51. The second kappa shape index (κ2) is 4.87. The molecule has 1 aromatic heterocycles. The number of aromatic nitrogens is 1. The molecule has 0 atom stereocenters. The van der Waals surface area contributed by atoms with Gasteiger partial charge in [-0.2, -0.15) is 0 Å². The molecule has 1 aromatic carbocycles. The number of carbonyl (C=O) groups is 1. The van der Waals surface area contributed by atoms with E-state index < -0.39 is 5.97 Å². The minimum atomic E-state index is -1.02. The number of aryl methyl sites for hydroxylation is 2. The number of pyridine rings is 1. The number of carboxylic acid groups (broad SMARTS) is 1. The van der Waals surface area contributed by atoms with E-state index in [1.54, 1.807) is 0 Å². The van der Waals surface area contributed by atoms with Gasteiger partial charge in [-0.05, 0) is 43.2 Å². The molecule has 1 heterocycles. The lowest BCUT2D eigenvalue weighted by Crippen LogP contribution is -1.97. The van der Waals surface area contributed by atoms with Crippen LogP contribution in [0.15, 0.2) is 36.7 Å². The highest BCUT2D eigenvalue weighted by Crippen LogP contribution is 2.23. The number of hydrogen-bond donors (Lipinski definition) is 1. The minimum Gasteiger partial charge on any atom is -0.478 e. The number of carboxylic acids is 1. The number of nitrogens with zero attached hydrogens (tertiary/aromatic N) is 1. The molecule has 0 unspecified atom stereocenters. The zero-order valence-electron chi connectivity index (χ0n) is 10.2. The molecular formula is C14H13NO3. The van der Waals surface area contributed by atoms with Crippen LogP contribution in [0.5, 0.6) is 11.5 Å². The van der Waals surface area contributed by atoms with Crippen LogP contribution in [0.1, 0.15) is 21.5 Å². The number of ether oxygens (including phenoxy) is 1. The summed E-state index contributed by atoms with van der Waals surface area (Å²) >= 11 is 0. The van der Waals surface area contributed by atoms with Crippen LogP contribution in [-0.4, -0.2) is 16.1 Å². The van der Waals surface area contributed by atoms with Gasteiger partial charge in [0.15, 0.2) is 0 Å². The second-order valence-electron chi connectivity index (χ2n) is 4.06. The Bertz CT molecular complexity index is 593. The van der Waals surface area contributed by atoms with Gasteiger partial charge in [0, 0.05) is 6.20 Å². The molecular weight excluding hydrogens is 230 g/mol. The third-order valence-corrected chi connectivity index (χ3v) is 2.67. The maximum absolute atomic E-state index is 10.8. The summed E-state index contributed by atoms with van der Waals surface area (Å²) in [5.41, 5.74) is 2.41. The van der Waals surface area contributed by atoms with Gasteiger partial charge in [-0.3, -0.25) is 4.98 Å². The first kappa shape index (κ1) is 12.1. The molecule has 18 heavy (non-hydrogen) atoms. The molecule has 0 bridgehead atoms. The molecule has 0 saturated heterocycles. The Kier molecular flexibility index (Phi) is 3.28. The van der Waals surface area contributed by atoms with Gasteiger partial charge in [0.1, 0.15) is 11.5 Å². The Morgan fingerprint density at radius 2 is 1.89 bits per heavy atom. The Morgan fingerprint density at radius 1 is 1.11 bits per heavy atom. The molecule has 0 radical (unpaired) electrons. The number of benzene rings is 1. The normalized spacial score (nSPS) is 10.1. The maximum Gasteiger partial charge on any atom is 0.337 e. The van der Waals surface area contributed by atoms with Gasteiger partial charge in [-0.1, -0.05) is 6.07 Å². The zero-order valence-corrected chi connectivity index (χ0v) is 10.2. The first-order valence-corrected chi connectivity index (χ1v) is 5.50. The summed E-state index contributed by atoms with van der Waals surface area (Å²) in [6, 6.07) is 7.15. The van der Waals surface area contributed by atoms with Crippen LogP contribution in [0.3, 0.4) is 0 Å². The number of rotatable bonds is 3. The summed E-state index contributed by atoms with van der Waals surface area (Å²) in [6.45, 7) is 4.01. The molecule has 0 spiro atoms. The number of aromatic carboxylic acids is 1. The quantitative estimate of drug-likeness (QED) is 0.899. The van der Waals surface area contributed by atoms with Crippen molar-refractivity contribution in [3.8, 4) is 11.5 Å². The fraction of sp³-hybridized carbons (Fsp3) is 0.143. The van der Waals surface area contributed by atoms with Crippen molar-refractivity contribution < 1.29 is 14.6 Å². The van der Waals surface area contributed by atoms with Gasteiger partial charge < -0.3 is 9.84 Å². The van der Waals surface area contributed by atoms with Crippen LogP contribution in [0.25, 0.3) is 0 Å². The number of hydrogen-bond acceptors (Lipinski definition) is 3. The van der Waals surface area contributed by atoms with Crippen LogP contribution >= 0.6 is 0 Å².